The Morgan fingerprint density at radius 1 is 1.00 bits per heavy atom. The molecule has 0 aliphatic carbocycles. The first-order valence-corrected chi connectivity index (χ1v) is 13.1. The maximum absolute atomic E-state index is 13.2. The third kappa shape index (κ3) is 5.23. The number of rotatable bonds is 6. The van der Waals surface area contributed by atoms with Crippen molar-refractivity contribution in [3.8, 4) is 11.5 Å². The maximum atomic E-state index is 13.2. The summed E-state index contributed by atoms with van der Waals surface area (Å²) in [6, 6.07) is 14.4. The van der Waals surface area contributed by atoms with Crippen LogP contribution in [0, 0.1) is 0 Å². The van der Waals surface area contributed by atoms with E-state index in [4.69, 9.17) is 21.1 Å². The highest BCUT2D eigenvalue weighted by atomic mass is 35.5. The number of likely N-dealkylation sites (tertiary alicyclic amines) is 1. The number of methoxy groups -OCH3 is 2. The van der Waals surface area contributed by atoms with Crippen LogP contribution in [0.15, 0.2) is 53.9 Å². The maximum Gasteiger partial charge on any atom is 0.275 e. The summed E-state index contributed by atoms with van der Waals surface area (Å²) in [5, 5.41) is 6.77. The van der Waals surface area contributed by atoms with Gasteiger partial charge in [-0.25, -0.2) is 9.97 Å². The monoisotopic (exact) mass is 536 g/mol. The first kappa shape index (κ1) is 25.0. The van der Waals surface area contributed by atoms with Crippen molar-refractivity contribution < 1.29 is 19.1 Å². The van der Waals surface area contributed by atoms with E-state index in [0.717, 1.165) is 28.8 Å². The molecule has 8 nitrogen and oxygen atoms in total. The van der Waals surface area contributed by atoms with E-state index in [9.17, 15) is 9.59 Å². The van der Waals surface area contributed by atoms with Crippen molar-refractivity contribution in [1.29, 1.82) is 0 Å². The van der Waals surface area contributed by atoms with E-state index in [-0.39, 0.29) is 17.7 Å². The molecule has 2 aromatic carbocycles. The SMILES string of the molecule is COc1ccc(NC(=O)c2csc(C3CCN(C(=O)c4cc(OC)c5ccccc5n4)CC3)n2)cc1Cl. The molecule has 0 atom stereocenters. The number of aromatic nitrogens is 2. The Kier molecular flexibility index (Phi) is 7.25. The standard InChI is InChI=1S/C27H25ClN4O4S/c1-35-23-8-7-17(13-19(23)28)29-25(33)22-15-37-26(31-22)16-9-11-32(12-10-16)27(34)21-14-24(36-2)18-5-3-4-6-20(18)30-21/h3-8,13-16H,9-12H2,1-2H3,(H,29,33). The van der Waals surface area contributed by atoms with Crippen LogP contribution in [0.4, 0.5) is 5.69 Å². The second-order valence-corrected chi connectivity index (χ2v) is 9.96. The molecule has 0 spiro atoms. The number of carbonyl (C=O) groups excluding carboxylic acids is 2. The number of ether oxygens (including phenoxy) is 2. The average Bonchev–Trinajstić information content (AvgIpc) is 3.43. The van der Waals surface area contributed by atoms with E-state index in [1.165, 1.54) is 18.4 Å². The number of amides is 2. The van der Waals surface area contributed by atoms with Crippen LogP contribution in [0.25, 0.3) is 10.9 Å². The van der Waals surface area contributed by atoms with Crippen LogP contribution in [-0.4, -0.2) is 54.0 Å². The summed E-state index contributed by atoms with van der Waals surface area (Å²) >= 11 is 7.62. The van der Waals surface area contributed by atoms with E-state index in [0.29, 0.717) is 46.7 Å². The van der Waals surface area contributed by atoms with E-state index < -0.39 is 0 Å². The lowest BCUT2D eigenvalue weighted by atomic mass is 9.97. The van der Waals surface area contributed by atoms with Crippen LogP contribution >= 0.6 is 22.9 Å². The lowest BCUT2D eigenvalue weighted by molar-refractivity contribution is 0.0707. The quantitative estimate of drug-likeness (QED) is 0.343. The van der Waals surface area contributed by atoms with Gasteiger partial charge in [0.25, 0.3) is 11.8 Å². The lowest BCUT2D eigenvalue weighted by Gasteiger charge is -2.31. The van der Waals surface area contributed by atoms with Crippen LogP contribution in [0.1, 0.15) is 44.7 Å². The highest BCUT2D eigenvalue weighted by Crippen LogP contribution is 2.32. The van der Waals surface area contributed by atoms with Crippen molar-refractivity contribution in [2.24, 2.45) is 0 Å². The van der Waals surface area contributed by atoms with Gasteiger partial charge in [0.2, 0.25) is 0 Å². The highest BCUT2D eigenvalue weighted by Gasteiger charge is 2.28. The Labute approximate surface area is 223 Å². The summed E-state index contributed by atoms with van der Waals surface area (Å²) in [6.45, 7) is 1.18. The second-order valence-electron chi connectivity index (χ2n) is 8.67. The summed E-state index contributed by atoms with van der Waals surface area (Å²) in [7, 11) is 3.13. The number of thiazole rings is 1. The summed E-state index contributed by atoms with van der Waals surface area (Å²) in [4.78, 5) is 36.9. The fraction of sp³-hybridized carbons (Fsp3) is 0.259. The van der Waals surface area contributed by atoms with Crippen molar-refractivity contribution in [2.45, 2.75) is 18.8 Å². The summed E-state index contributed by atoms with van der Waals surface area (Å²) in [6.07, 6.45) is 1.53. The molecule has 1 aliphatic heterocycles. The molecule has 10 heteroatoms. The number of nitrogens with zero attached hydrogens (tertiary/aromatic N) is 3. The molecule has 3 heterocycles. The molecule has 37 heavy (non-hydrogen) atoms. The van der Waals surface area contributed by atoms with Gasteiger partial charge in [-0.2, -0.15) is 0 Å². The molecule has 0 unspecified atom stereocenters. The van der Waals surface area contributed by atoms with Gasteiger partial charge < -0.3 is 19.7 Å². The van der Waals surface area contributed by atoms with E-state index >= 15 is 0 Å². The first-order chi connectivity index (χ1) is 18.0. The van der Waals surface area contributed by atoms with Crippen molar-refractivity contribution in [1.82, 2.24) is 14.9 Å². The molecular formula is C27H25ClN4O4S. The Bertz CT molecular complexity index is 1470. The molecule has 4 aromatic rings. The van der Waals surface area contributed by atoms with Gasteiger partial charge in [-0.15, -0.1) is 11.3 Å². The number of hydrogen-bond acceptors (Lipinski definition) is 7. The van der Waals surface area contributed by atoms with Crippen LogP contribution in [0.5, 0.6) is 11.5 Å². The van der Waals surface area contributed by atoms with E-state index in [1.807, 2.05) is 29.2 Å². The van der Waals surface area contributed by atoms with Crippen molar-refractivity contribution in [3.05, 3.63) is 75.3 Å². The van der Waals surface area contributed by atoms with Crippen molar-refractivity contribution in [2.75, 3.05) is 32.6 Å². The fourth-order valence-electron chi connectivity index (χ4n) is 4.43. The van der Waals surface area contributed by atoms with E-state index in [1.54, 1.807) is 36.8 Å². The molecule has 1 N–H and O–H groups in total. The number of nitrogens with one attached hydrogen (secondary N) is 1. The zero-order valence-electron chi connectivity index (χ0n) is 20.4. The predicted octanol–water partition coefficient (Wildman–Crippen LogP) is 5.63. The number of halogens is 1. The number of benzene rings is 2. The second kappa shape index (κ2) is 10.7. The van der Waals surface area contributed by atoms with Crippen molar-refractivity contribution >= 4 is 51.3 Å². The minimum absolute atomic E-state index is 0.111. The normalized spacial score (nSPS) is 14.0. The third-order valence-corrected chi connectivity index (χ3v) is 7.72. The van der Waals surface area contributed by atoms with Gasteiger partial charge in [0.05, 0.1) is 29.8 Å². The molecule has 1 saturated heterocycles. The summed E-state index contributed by atoms with van der Waals surface area (Å²) in [5.74, 6) is 0.947. The molecule has 1 fully saturated rings. The molecule has 0 saturated carbocycles. The number of anilines is 1. The smallest absolute Gasteiger partial charge is 0.275 e. The Hall–Kier alpha value is -3.69. The van der Waals surface area contributed by atoms with Crippen LogP contribution in [0.2, 0.25) is 5.02 Å². The first-order valence-electron chi connectivity index (χ1n) is 11.8. The summed E-state index contributed by atoms with van der Waals surface area (Å²) < 4.78 is 10.6. The van der Waals surface area contributed by atoms with Gasteiger partial charge in [-0.05, 0) is 43.2 Å². The molecule has 0 bridgehead atoms. The topological polar surface area (TPSA) is 93.7 Å². The molecule has 0 radical (unpaired) electrons. The lowest BCUT2D eigenvalue weighted by Crippen LogP contribution is -2.38. The van der Waals surface area contributed by atoms with E-state index in [2.05, 4.69) is 15.3 Å². The Morgan fingerprint density at radius 2 is 1.76 bits per heavy atom. The zero-order chi connectivity index (χ0) is 25.9. The minimum Gasteiger partial charge on any atom is -0.496 e. The van der Waals surface area contributed by atoms with Gasteiger partial charge >= 0.3 is 0 Å². The average molecular weight is 537 g/mol. The van der Waals surface area contributed by atoms with Crippen LogP contribution < -0.4 is 14.8 Å². The highest BCUT2D eigenvalue weighted by molar-refractivity contribution is 7.10. The number of pyridine rings is 1. The zero-order valence-corrected chi connectivity index (χ0v) is 21.9. The van der Waals surface area contributed by atoms with Crippen molar-refractivity contribution in [3.63, 3.8) is 0 Å². The Balaban J connectivity index is 1.22. The molecule has 5 rings (SSSR count). The number of hydrogen-bond donors (Lipinski definition) is 1. The number of piperidine rings is 1. The number of fused-ring (bicyclic) bond motifs is 1. The Morgan fingerprint density at radius 3 is 2.49 bits per heavy atom. The van der Waals surface area contributed by atoms with Crippen LogP contribution in [-0.2, 0) is 0 Å². The van der Waals surface area contributed by atoms with Gasteiger partial charge in [0.15, 0.2) is 0 Å². The predicted molar refractivity (Wildman–Crippen MR) is 144 cm³/mol. The van der Waals surface area contributed by atoms with Gasteiger partial charge in [-0.1, -0.05) is 23.7 Å². The molecule has 190 valence electrons. The van der Waals surface area contributed by atoms with Crippen LogP contribution in [0.3, 0.4) is 0 Å². The molecule has 1 aliphatic rings. The minimum atomic E-state index is -0.298. The summed E-state index contributed by atoms with van der Waals surface area (Å²) in [5.41, 5.74) is 2.03. The number of carbonyl (C=O) groups is 2. The molecule has 2 aromatic heterocycles. The van der Waals surface area contributed by atoms with Gasteiger partial charge in [-0.3, -0.25) is 9.59 Å². The molecular weight excluding hydrogens is 512 g/mol. The largest absolute Gasteiger partial charge is 0.496 e. The number of para-hydroxylation sites is 1. The van der Waals surface area contributed by atoms with Gasteiger partial charge in [0, 0.05) is 41.5 Å². The third-order valence-electron chi connectivity index (χ3n) is 6.41. The molecule has 2 amide bonds. The fourth-order valence-corrected chi connectivity index (χ4v) is 5.66. The van der Waals surface area contributed by atoms with Gasteiger partial charge in [0.1, 0.15) is 22.9 Å².